The van der Waals surface area contributed by atoms with Gasteiger partial charge in [-0.3, -0.25) is 9.59 Å². The Morgan fingerprint density at radius 3 is 2.48 bits per heavy atom. The van der Waals surface area contributed by atoms with Crippen LogP contribution in [0.5, 0.6) is 0 Å². The Balaban J connectivity index is 2.37. The Bertz CT molecular complexity index is 821. The zero-order valence-electron chi connectivity index (χ0n) is 17.2. The molecule has 1 fully saturated rings. The number of fused-ring (bicyclic) bond motifs is 1. The van der Waals surface area contributed by atoms with Crippen LogP contribution in [0.2, 0.25) is 0 Å². The molecule has 4 atom stereocenters. The van der Waals surface area contributed by atoms with Gasteiger partial charge in [-0.25, -0.2) is 9.59 Å². The second kappa shape index (κ2) is 9.75. The highest BCUT2D eigenvalue weighted by molar-refractivity contribution is 6.00. The third kappa shape index (κ3) is 4.94. The van der Waals surface area contributed by atoms with E-state index in [2.05, 4.69) is 18.5 Å². The predicted molar refractivity (Wildman–Crippen MR) is 107 cm³/mol. The van der Waals surface area contributed by atoms with Crippen molar-refractivity contribution in [2.24, 2.45) is 11.7 Å². The van der Waals surface area contributed by atoms with Crippen molar-refractivity contribution in [2.75, 3.05) is 19.8 Å². The quantitative estimate of drug-likeness (QED) is 0.192. The smallest absolute Gasteiger partial charge is 0.407 e. The average Bonchev–Trinajstić information content (AvgIpc) is 3.04. The summed E-state index contributed by atoms with van der Waals surface area (Å²) < 4.78 is 9.81. The number of β-lactam (4-membered cyclic amide) rings is 1. The van der Waals surface area contributed by atoms with Gasteiger partial charge in [0.15, 0.2) is 0 Å². The van der Waals surface area contributed by atoms with E-state index in [1.807, 2.05) is 0 Å². The molecule has 31 heavy (non-hydrogen) atoms. The summed E-state index contributed by atoms with van der Waals surface area (Å²) in [5, 5.41) is 22.1. The second-order valence-electron chi connectivity index (χ2n) is 7.42. The van der Waals surface area contributed by atoms with E-state index in [4.69, 9.17) is 15.2 Å². The first kappa shape index (κ1) is 24.1. The van der Waals surface area contributed by atoms with Gasteiger partial charge in [0.2, 0.25) is 5.91 Å². The molecule has 0 aromatic rings. The summed E-state index contributed by atoms with van der Waals surface area (Å²) >= 11 is 0. The number of ether oxygens (including phenoxy) is 2. The van der Waals surface area contributed by atoms with Gasteiger partial charge >= 0.3 is 18.0 Å². The summed E-state index contributed by atoms with van der Waals surface area (Å²) in [4.78, 5) is 49.7. The molecule has 2 aliphatic rings. The van der Waals surface area contributed by atoms with Crippen LogP contribution in [0.3, 0.4) is 0 Å². The number of nitrogens with one attached hydrogen (secondary N) is 1. The minimum absolute atomic E-state index is 0.0254. The Morgan fingerprint density at radius 1 is 1.32 bits per heavy atom. The molecule has 2 aliphatic heterocycles. The van der Waals surface area contributed by atoms with Gasteiger partial charge in [-0.05, 0) is 18.9 Å². The first-order valence-electron chi connectivity index (χ1n) is 9.62. The van der Waals surface area contributed by atoms with Crippen LogP contribution in [-0.4, -0.2) is 76.5 Å². The summed E-state index contributed by atoms with van der Waals surface area (Å²) in [5.41, 5.74) is 4.52. The van der Waals surface area contributed by atoms with Gasteiger partial charge in [0.1, 0.15) is 18.9 Å². The third-order valence-corrected chi connectivity index (χ3v) is 5.23. The number of carbonyl (C=O) groups excluding carboxylic acids is 3. The fourth-order valence-electron chi connectivity index (χ4n) is 3.86. The number of nitrogens with zero attached hydrogens (tertiary/aromatic N) is 1. The first-order chi connectivity index (χ1) is 14.6. The minimum atomic E-state index is -1.68. The van der Waals surface area contributed by atoms with E-state index in [9.17, 15) is 29.4 Å². The van der Waals surface area contributed by atoms with E-state index in [1.54, 1.807) is 0 Å². The Kier molecular flexibility index (Phi) is 7.58. The molecule has 0 saturated carbocycles. The molecule has 0 aromatic heterocycles. The summed E-state index contributed by atoms with van der Waals surface area (Å²) in [5.74, 6) is -3.47. The number of carboxylic acid groups (broad SMARTS) is 1. The molecule has 11 nitrogen and oxygen atoms in total. The highest BCUT2D eigenvalue weighted by Crippen LogP contribution is 2.46. The summed E-state index contributed by atoms with van der Waals surface area (Å²) in [7, 11) is 0. The molecule has 0 aromatic carbocycles. The van der Waals surface area contributed by atoms with Crippen LogP contribution in [-0.2, 0) is 23.9 Å². The number of aliphatic hydroxyl groups is 1. The number of hydrogen-bond donors (Lipinski definition) is 4. The number of hydrogen-bond acceptors (Lipinski definition) is 8. The molecule has 5 N–H and O–H groups in total. The zero-order valence-corrected chi connectivity index (χ0v) is 17.2. The van der Waals surface area contributed by atoms with Gasteiger partial charge in [0, 0.05) is 6.54 Å². The maximum atomic E-state index is 12.4. The number of carboxylic acids is 1. The normalized spacial score (nSPS) is 22.5. The summed E-state index contributed by atoms with van der Waals surface area (Å²) in [6.07, 6.45) is 0.443. The van der Waals surface area contributed by atoms with Crippen LogP contribution >= 0.6 is 0 Å². The fraction of sp³-hybridized carbons (Fsp3) is 0.500. The predicted octanol–water partition coefficient (Wildman–Crippen LogP) is -0.334. The van der Waals surface area contributed by atoms with E-state index < -0.39 is 54.0 Å². The van der Waals surface area contributed by atoms with Crippen molar-refractivity contribution >= 4 is 23.9 Å². The van der Waals surface area contributed by atoms with Gasteiger partial charge in [-0.1, -0.05) is 25.3 Å². The molecule has 0 radical (unpaired) electrons. The maximum Gasteiger partial charge on any atom is 0.407 e. The Morgan fingerprint density at radius 2 is 1.94 bits per heavy atom. The number of nitrogens with two attached hydrogens (primary N) is 1. The van der Waals surface area contributed by atoms with E-state index in [1.165, 1.54) is 19.1 Å². The minimum Gasteiger partial charge on any atom is -0.477 e. The van der Waals surface area contributed by atoms with Crippen molar-refractivity contribution in [1.29, 1.82) is 0 Å². The van der Waals surface area contributed by atoms with E-state index >= 15 is 0 Å². The lowest BCUT2D eigenvalue weighted by Gasteiger charge is -2.44. The lowest BCUT2D eigenvalue weighted by atomic mass is 9.79. The first-order valence-corrected chi connectivity index (χ1v) is 9.62. The van der Waals surface area contributed by atoms with Gasteiger partial charge < -0.3 is 35.6 Å². The van der Waals surface area contributed by atoms with E-state index in [0.29, 0.717) is 0 Å². The number of esters is 1. The highest BCUT2D eigenvalue weighted by atomic mass is 16.5. The second-order valence-corrected chi connectivity index (χ2v) is 7.42. The van der Waals surface area contributed by atoms with Crippen molar-refractivity contribution < 1.29 is 38.9 Å². The van der Waals surface area contributed by atoms with E-state index in [-0.39, 0.29) is 37.4 Å². The topological polar surface area (TPSA) is 168 Å². The lowest BCUT2D eigenvalue weighted by Crippen LogP contribution is -2.61. The molecule has 2 amide bonds. The molecule has 2 heterocycles. The van der Waals surface area contributed by atoms with Crippen LogP contribution < -0.4 is 11.1 Å². The molecule has 170 valence electrons. The fourth-order valence-corrected chi connectivity index (χ4v) is 3.86. The molecular formula is C20H27N3O8. The van der Waals surface area contributed by atoms with Crippen molar-refractivity contribution in [3.63, 3.8) is 0 Å². The van der Waals surface area contributed by atoms with Gasteiger partial charge in [0.05, 0.1) is 30.0 Å². The standard InChI is InChI=1S/C20H27N3O8/c1-4-6-30-14(25)9-20(21,10-22-19(29)31-7-5-2)12-8-13-15(11(3)24)17(26)23(13)16(12)18(27)28/h4-5,11,13,15,24H,1-2,6-10,21H2,3H3,(H,22,29)(H,27,28)/t11-,13-,15-,20?/m1/s1. The Labute approximate surface area is 179 Å². The van der Waals surface area contributed by atoms with Gasteiger partial charge in [-0.2, -0.15) is 0 Å². The van der Waals surface area contributed by atoms with Crippen LogP contribution in [0.4, 0.5) is 4.79 Å². The molecule has 11 heteroatoms. The SMILES string of the molecule is C=CCOC(=O)CC(N)(CNC(=O)OCC=C)C1=C(C(=O)O)N2C(=O)[C@H]([C@@H](C)O)[C@H]2C1. The Hall–Kier alpha value is -3.18. The van der Waals surface area contributed by atoms with Gasteiger partial charge in [0.25, 0.3) is 0 Å². The number of alkyl carbamates (subject to hydrolysis) is 1. The monoisotopic (exact) mass is 437 g/mol. The molecule has 0 bridgehead atoms. The van der Waals surface area contributed by atoms with Crippen molar-refractivity contribution in [3.8, 4) is 0 Å². The molecular weight excluding hydrogens is 410 g/mol. The number of carbonyl (C=O) groups is 4. The number of rotatable bonds is 11. The molecule has 1 saturated heterocycles. The largest absolute Gasteiger partial charge is 0.477 e. The molecule has 0 spiro atoms. The van der Waals surface area contributed by atoms with Crippen molar-refractivity contribution in [3.05, 3.63) is 36.6 Å². The zero-order chi connectivity index (χ0) is 23.3. The van der Waals surface area contributed by atoms with Crippen molar-refractivity contribution in [2.45, 2.75) is 37.5 Å². The van der Waals surface area contributed by atoms with Crippen LogP contribution in [0.15, 0.2) is 36.6 Å². The summed E-state index contributed by atoms with van der Waals surface area (Å²) in [6, 6.07) is -0.603. The number of aliphatic hydroxyl groups excluding tert-OH is 1. The van der Waals surface area contributed by atoms with Crippen LogP contribution in [0.1, 0.15) is 19.8 Å². The third-order valence-electron chi connectivity index (χ3n) is 5.23. The van der Waals surface area contributed by atoms with E-state index in [0.717, 1.165) is 4.90 Å². The highest BCUT2D eigenvalue weighted by Gasteiger charge is 2.59. The maximum absolute atomic E-state index is 12.4. The van der Waals surface area contributed by atoms with Crippen molar-refractivity contribution in [1.82, 2.24) is 10.2 Å². The number of amides is 2. The molecule has 0 aliphatic carbocycles. The van der Waals surface area contributed by atoms with Crippen LogP contribution in [0.25, 0.3) is 0 Å². The van der Waals surface area contributed by atoms with Gasteiger partial charge in [-0.15, -0.1) is 0 Å². The average molecular weight is 437 g/mol. The van der Waals surface area contributed by atoms with Crippen LogP contribution in [0, 0.1) is 5.92 Å². The lowest BCUT2D eigenvalue weighted by molar-refractivity contribution is -0.161. The molecule has 2 rings (SSSR count). The number of aliphatic carboxylic acids is 1. The summed E-state index contributed by atoms with van der Waals surface area (Å²) in [6.45, 7) is 7.82. The molecule has 1 unspecified atom stereocenters.